The predicted molar refractivity (Wildman–Crippen MR) is 102 cm³/mol. The van der Waals surface area contributed by atoms with Crippen LogP contribution < -0.4 is 5.32 Å². The van der Waals surface area contributed by atoms with Gasteiger partial charge in [0.2, 0.25) is 0 Å². The highest BCUT2D eigenvalue weighted by atomic mass is 16.3. The second kappa shape index (κ2) is 7.91. The SMILES string of the molecule is Cc1nn(C)c(C)c1CN(CCO)C(=O)Nc1cccc2c1CCCC2. The van der Waals surface area contributed by atoms with Crippen LogP contribution in [0.5, 0.6) is 0 Å². The van der Waals surface area contributed by atoms with Gasteiger partial charge in [-0.25, -0.2) is 4.79 Å². The summed E-state index contributed by atoms with van der Waals surface area (Å²) in [6.07, 6.45) is 4.45. The third-order valence-electron chi connectivity index (χ3n) is 5.30. The number of urea groups is 1. The first-order chi connectivity index (χ1) is 12.5. The number of aliphatic hydroxyl groups excluding tert-OH is 1. The lowest BCUT2D eigenvalue weighted by atomic mass is 9.90. The molecule has 0 unspecified atom stereocenters. The first kappa shape index (κ1) is 18.5. The highest BCUT2D eigenvalue weighted by molar-refractivity contribution is 5.90. The van der Waals surface area contributed by atoms with Crippen molar-refractivity contribution in [3.05, 3.63) is 46.3 Å². The first-order valence-corrected chi connectivity index (χ1v) is 9.28. The van der Waals surface area contributed by atoms with Gasteiger partial charge < -0.3 is 15.3 Å². The van der Waals surface area contributed by atoms with E-state index in [1.807, 2.05) is 37.7 Å². The molecule has 1 aliphatic carbocycles. The highest BCUT2D eigenvalue weighted by Crippen LogP contribution is 2.28. The van der Waals surface area contributed by atoms with Gasteiger partial charge in [0.05, 0.1) is 18.8 Å². The van der Waals surface area contributed by atoms with Crippen molar-refractivity contribution in [1.29, 1.82) is 0 Å². The van der Waals surface area contributed by atoms with E-state index in [4.69, 9.17) is 0 Å². The Labute approximate surface area is 154 Å². The number of hydrogen-bond acceptors (Lipinski definition) is 3. The fourth-order valence-corrected chi connectivity index (χ4v) is 3.70. The van der Waals surface area contributed by atoms with E-state index in [0.29, 0.717) is 6.54 Å². The normalized spacial score (nSPS) is 13.4. The predicted octanol–water partition coefficient (Wildman–Crippen LogP) is 2.94. The molecule has 6 nitrogen and oxygen atoms in total. The van der Waals surface area contributed by atoms with Crippen molar-refractivity contribution in [3.63, 3.8) is 0 Å². The number of rotatable bonds is 5. The Hall–Kier alpha value is -2.34. The minimum atomic E-state index is -0.180. The molecule has 2 aromatic rings. The zero-order valence-electron chi connectivity index (χ0n) is 15.9. The molecule has 0 saturated carbocycles. The summed E-state index contributed by atoms with van der Waals surface area (Å²) in [5.41, 5.74) is 6.47. The van der Waals surface area contributed by atoms with Crippen LogP contribution in [-0.4, -0.2) is 39.0 Å². The summed E-state index contributed by atoms with van der Waals surface area (Å²) in [6, 6.07) is 5.95. The quantitative estimate of drug-likeness (QED) is 0.865. The largest absolute Gasteiger partial charge is 0.395 e. The zero-order chi connectivity index (χ0) is 18.7. The van der Waals surface area contributed by atoms with Crippen LogP contribution in [0.3, 0.4) is 0 Å². The van der Waals surface area contributed by atoms with Crippen LogP contribution in [0.1, 0.15) is 40.9 Å². The monoisotopic (exact) mass is 356 g/mol. The van der Waals surface area contributed by atoms with E-state index < -0.39 is 0 Å². The maximum atomic E-state index is 12.9. The Kier molecular flexibility index (Phi) is 5.61. The van der Waals surface area contributed by atoms with Crippen LogP contribution in [0.25, 0.3) is 0 Å². The topological polar surface area (TPSA) is 70.4 Å². The molecule has 0 spiro atoms. The number of aliphatic hydroxyl groups is 1. The molecule has 1 aromatic carbocycles. The maximum Gasteiger partial charge on any atom is 0.322 e. The van der Waals surface area contributed by atoms with Crippen LogP contribution in [0.4, 0.5) is 10.5 Å². The fourth-order valence-electron chi connectivity index (χ4n) is 3.70. The number of aryl methyl sites for hydroxylation is 3. The number of carbonyl (C=O) groups is 1. The number of nitrogens with zero attached hydrogens (tertiary/aromatic N) is 3. The second-order valence-electron chi connectivity index (χ2n) is 7.00. The Morgan fingerprint density at radius 1 is 1.31 bits per heavy atom. The number of aromatic nitrogens is 2. The molecule has 1 aliphatic rings. The van der Waals surface area contributed by atoms with Gasteiger partial charge in [0.25, 0.3) is 0 Å². The van der Waals surface area contributed by atoms with Gasteiger partial charge >= 0.3 is 6.03 Å². The van der Waals surface area contributed by atoms with E-state index in [0.717, 1.165) is 41.9 Å². The molecule has 1 heterocycles. The van der Waals surface area contributed by atoms with Crippen molar-refractivity contribution in [3.8, 4) is 0 Å². The van der Waals surface area contributed by atoms with Gasteiger partial charge in [0, 0.05) is 30.5 Å². The van der Waals surface area contributed by atoms with Gasteiger partial charge in [0.1, 0.15) is 0 Å². The van der Waals surface area contributed by atoms with Crippen molar-refractivity contribution < 1.29 is 9.90 Å². The standard InChI is InChI=1S/C20H28N4O2/c1-14-18(15(2)23(3)22-14)13-24(11-12-25)20(26)21-19-10-6-8-16-7-4-5-9-17(16)19/h6,8,10,25H,4-5,7,9,11-13H2,1-3H3,(H,21,26). The molecule has 3 rings (SSSR count). The summed E-state index contributed by atoms with van der Waals surface area (Å²) >= 11 is 0. The highest BCUT2D eigenvalue weighted by Gasteiger charge is 2.20. The van der Waals surface area contributed by atoms with Gasteiger partial charge in [0.15, 0.2) is 0 Å². The summed E-state index contributed by atoms with van der Waals surface area (Å²) in [7, 11) is 1.90. The smallest absolute Gasteiger partial charge is 0.322 e. The third-order valence-corrected chi connectivity index (χ3v) is 5.30. The molecule has 0 saturated heterocycles. The summed E-state index contributed by atoms with van der Waals surface area (Å²) in [6.45, 7) is 4.60. The number of hydrogen-bond donors (Lipinski definition) is 2. The lowest BCUT2D eigenvalue weighted by molar-refractivity contribution is 0.185. The number of benzene rings is 1. The lowest BCUT2D eigenvalue weighted by Gasteiger charge is -2.25. The van der Waals surface area contributed by atoms with Crippen LogP contribution in [0.15, 0.2) is 18.2 Å². The maximum absolute atomic E-state index is 12.9. The minimum Gasteiger partial charge on any atom is -0.395 e. The summed E-state index contributed by atoms with van der Waals surface area (Å²) in [5, 5.41) is 16.9. The van der Waals surface area contributed by atoms with Crippen LogP contribution >= 0.6 is 0 Å². The molecule has 6 heteroatoms. The van der Waals surface area contributed by atoms with E-state index in [1.54, 1.807) is 4.90 Å². The van der Waals surface area contributed by atoms with Gasteiger partial charge in [-0.2, -0.15) is 5.10 Å². The average Bonchev–Trinajstić information content (AvgIpc) is 2.87. The average molecular weight is 356 g/mol. The van der Waals surface area contributed by atoms with Crippen LogP contribution in [-0.2, 0) is 26.4 Å². The van der Waals surface area contributed by atoms with Crippen molar-refractivity contribution in [1.82, 2.24) is 14.7 Å². The third kappa shape index (κ3) is 3.75. The fraction of sp³-hybridized carbons (Fsp3) is 0.500. The summed E-state index contributed by atoms with van der Waals surface area (Å²) in [4.78, 5) is 14.6. The molecule has 2 N–H and O–H groups in total. The molecule has 26 heavy (non-hydrogen) atoms. The number of nitrogens with one attached hydrogen (secondary N) is 1. The van der Waals surface area contributed by atoms with Gasteiger partial charge in [-0.1, -0.05) is 12.1 Å². The molecule has 0 fully saturated rings. The van der Waals surface area contributed by atoms with E-state index in [9.17, 15) is 9.90 Å². The molecule has 0 aliphatic heterocycles. The molecule has 2 amide bonds. The number of amides is 2. The van der Waals surface area contributed by atoms with E-state index in [1.165, 1.54) is 17.5 Å². The van der Waals surface area contributed by atoms with Crippen molar-refractivity contribution >= 4 is 11.7 Å². The van der Waals surface area contributed by atoms with Gasteiger partial charge in [-0.05, 0) is 56.7 Å². The second-order valence-corrected chi connectivity index (χ2v) is 7.00. The number of anilines is 1. The van der Waals surface area contributed by atoms with Crippen LogP contribution in [0, 0.1) is 13.8 Å². The molecule has 1 aromatic heterocycles. The van der Waals surface area contributed by atoms with E-state index in [-0.39, 0.29) is 19.2 Å². The van der Waals surface area contributed by atoms with Crippen LogP contribution in [0.2, 0.25) is 0 Å². The molecule has 0 radical (unpaired) electrons. The molecule has 0 bridgehead atoms. The Morgan fingerprint density at radius 3 is 2.77 bits per heavy atom. The molecule has 140 valence electrons. The van der Waals surface area contributed by atoms with Crippen molar-refractivity contribution in [2.45, 2.75) is 46.1 Å². The Balaban J connectivity index is 1.79. The van der Waals surface area contributed by atoms with E-state index >= 15 is 0 Å². The summed E-state index contributed by atoms with van der Waals surface area (Å²) in [5.74, 6) is 0. The Bertz CT molecular complexity index is 797. The molecular weight excluding hydrogens is 328 g/mol. The van der Waals surface area contributed by atoms with Crippen molar-refractivity contribution in [2.24, 2.45) is 7.05 Å². The summed E-state index contributed by atoms with van der Waals surface area (Å²) < 4.78 is 1.83. The van der Waals surface area contributed by atoms with E-state index in [2.05, 4.69) is 16.5 Å². The number of carbonyl (C=O) groups excluding carboxylic acids is 1. The van der Waals surface area contributed by atoms with Crippen molar-refractivity contribution in [2.75, 3.05) is 18.5 Å². The lowest BCUT2D eigenvalue weighted by Crippen LogP contribution is -2.37. The van der Waals surface area contributed by atoms with Gasteiger partial charge in [-0.3, -0.25) is 4.68 Å². The minimum absolute atomic E-state index is 0.0708. The first-order valence-electron chi connectivity index (χ1n) is 9.28. The molecular formula is C20H28N4O2. The zero-order valence-corrected chi connectivity index (χ0v) is 15.9. The number of fused-ring (bicyclic) bond motifs is 1. The Morgan fingerprint density at radius 2 is 2.08 bits per heavy atom. The molecule has 0 atom stereocenters. The van der Waals surface area contributed by atoms with Gasteiger partial charge in [-0.15, -0.1) is 0 Å².